The zero-order chi connectivity index (χ0) is 8.10. The van der Waals surface area contributed by atoms with E-state index in [0.717, 1.165) is 0 Å². The van der Waals surface area contributed by atoms with E-state index in [1.807, 2.05) is 18.2 Å². The summed E-state index contributed by atoms with van der Waals surface area (Å²) in [5, 5.41) is 0. The Kier molecular flexibility index (Phi) is 3.07. The van der Waals surface area contributed by atoms with Crippen LogP contribution in [0.2, 0.25) is 0 Å². The molecule has 0 spiro atoms. The molecule has 60 valence electrons. The van der Waals surface area contributed by atoms with E-state index >= 15 is 0 Å². The van der Waals surface area contributed by atoms with Gasteiger partial charge in [-0.2, -0.15) is 4.21 Å². The third-order valence-electron chi connectivity index (χ3n) is 1.08. The lowest BCUT2D eigenvalue weighted by atomic mass is 10.3. The quantitative estimate of drug-likeness (QED) is 0.732. The average molecular weight is 171 g/mol. The highest BCUT2D eigenvalue weighted by molar-refractivity contribution is 7.78. The molecule has 1 atom stereocenters. The van der Waals surface area contributed by atoms with Crippen molar-refractivity contribution in [1.82, 2.24) is 4.72 Å². The largest absolute Gasteiger partial charge is 0.389 e. The summed E-state index contributed by atoms with van der Waals surface area (Å²) in [6.45, 7) is 0. The molecule has 1 aromatic carbocycles. The van der Waals surface area contributed by atoms with Crippen molar-refractivity contribution in [1.29, 1.82) is 0 Å². The molecule has 0 aliphatic heterocycles. The predicted molar refractivity (Wildman–Crippen MR) is 44.3 cm³/mol. The van der Waals surface area contributed by atoms with Crippen LogP contribution in [-0.4, -0.2) is 11.3 Å². The fourth-order valence-electron chi connectivity index (χ4n) is 0.605. The van der Waals surface area contributed by atoms with E-state index in [-0.39, 0.29) is 0 Å². The highest BCUT2D eigenvalue weighted by atomic mass is 32.2. The van der Waals surface area contributed by atoms with Crippen LogP contribution in [0.1, 0.15) is 0 Å². The zero-order valence-corrected chi connectivity index (χ0v) is 6.93. The van der Waals surface area contributed by atoms with Gasteiger partial charge in [-0.05, 0) is 19.2 Å². The number of rotatable bonds is 3. The van der Waals surface area contributed by atoms with E-state index < -0.39 is 11.3 Å². The normalized spacial score (nSPS) is 12.5. The molecule has 0 bridgehead atoms. The van der Waals surface area contributed by atoms with Crippen LogP contribution in [0.4, 0.5) is 0 Å². The molecule has 11 heavy (non-hydrogen) atoms. The number of hydrogen-bond donors (Lipinski definition) is 1. The van der Waals surface area contributed by atoms with Gasteiger partial charge in [-0.15, -0.1) is 0 Å². The zero-order valence-electron chi connectivity index (χ0n) is 6.11. The van der Waals surface area contributed by atoms with Crippen LogP contribution in [0.25, 0.3) is 0 Å². The number of hydrogen-bond acceptors (Lipinski definition) is 2. The summed E-state index contributed by atoms with van der Waals surface area (Å²) in [4.78, 5) is 0. The van der Waals surface area contributed by atoms with Crippen LogP contribution < -0.4 is 8.91 Å². The van der Waals surface area contributed by atoms with Gasteiger partial charge in [0.1, 0.15) is 5.75 Å². The van der Waals surface area contributed by atoms with E-state index in [2.05, 4.69) is 4.72 Å². The molecule has 0 aliphatic rings. The third kappa shape index (κ3) is 2.69. The van der Waals surface area contributed by atoms with Crippen LogP contribution in [0.3, 0.4) is 0 Å². The Bertz CT molecular complexity index is 237. The smallest absolute Gasteiger partial charge is 0.287 e. The van der Waals surface area contributed by atoms with Crippen LogP contribution in [-0.2, 0) is 11.3 Å². The predicted octanol–water partition coefficient (Wildman–Crippen LogP) is 0.864. The Morgan fingerprint density at radius 1 is 1.36 bits per heavy atom. The van der Waals surface area contributed by atoms with Crippen LogP contribution >= 0.6 is 0 Å². The number of benzene rings is 1. The molecule has 1 N–H and O–H groups in total. The fourth-order valence-corrected chi connectivity index (χ4v) is 0.974. The Labute approximate surface area is 68.2 Å². The van der Waals surface area contributed by atoms with Crippen molar-refractivity contribution in [3.8, 4) is 5.75 Å². The van der Waals surface area contributed by atoms with Crippen molar-refractivity contribution in [2.24, 2.45) is 0 Å². The Balaban J connectivity index is 2.58. The van der Waals surface area contributed by atoms with E-state index in [1.54, 1.807) is 19.2 Å². The second-order valence-corrected chi connectivity index (χ2v) is 2.88. The lowest BCUT2D eigenvalue weighted by Gasteiger charge is -2.00. The molecule has 1 rings (SSSR count). The maximum atomic E-state index is 10.8. The fraction of sp³-hybridized carbons (Fsp3) is 0.143. The first-order valence-electron chi connectivity index (χ1n) is 3.15. The van der Waals surface area contributed by atoms with Crippen LogP contribution in [0.15, 0.2) is 30.3 Å². The van der Waals surface area contributed by atoms with Gasteiger partial charge in [-0.25, -0.2) is 4.72 Å². The minimum absolute atomic E-state index is 0.597. The summed E-state index contributed by atoms with van der Waals surface area (Å²) in [6, 6.07) is 9.00. The Hall–Kier alpha value is -0.870. The van der Waals surface area contributed by atoms with E-state index in [9.17, 15) is 4.21 Å². The first-order chi connectivity index (χ1) is 5.33. The Morgan fingerprint density at radius 3 is 2.55 bits per heavy atom. The topological polar surface area (TPSA) is 38.3 Å². The van der Waals surface area contributed by atoms with Crippen molar-refractivity contribution < 1.29 is 8.39 Å². The molecule has 0 amide bonds. The minimum atomic E-state index is -1.43. The highest BCUT2D eigenvalue weighted by Gasteiger charge is 1.95. The molecular weight excluding hydrogens is 162 g/mol. The molecule has 0 saturated carbocycles. The van der Waals surface area contributed by atoms with Gasteiger partial charge in [0.2, 0.25) is 0 Å². The summed E-state index contributed by atoms with van der Waals surface area (Å²) in [5.74, 6) is 0.597. The van der Waals surface area contributed by atoms with Gasteiger partial charge < -0.3 is 4.18 Å². The SMILES string of the molecule is CNS(=O)Oc1ccccc1. The maximum absolute atomic E-state index is 10.8. The van der Waals surface area contributed by atoms with Gasteiger partial charge in [-0.3, -0.25) is 0 Å². The van der Waals surface area contributed by atoms with Crippen molar-refractivity contribution in [2.75, 3.05) is 7.05 Å². The lowest BCUT2D eigenvalue weighted by Crippen LogP contribution is -2.15. The van der Waals surface area contributed by atoms with Gasteiger partial charge in [0, 0.05) is 0 Å². The first kappa shape index (κ1) is 8.23. The van der Waals surface area contributed by atoms with Crippen LogP contribution in [0, 0.1) is 0 Å². The van der Waals surface area contributed by atoms with Crippen molar-refractivity contribution in [2.45, 2.75) is 0 Å². The second kappa shape index (κ2) is 4.10. The molecule has 3 nitrogen and oxygen atoms in total. The highest BCUT2D eigenvalue weighted by Crippen LogP contribution is 2.08. The van der Waals surface area contributed by atoms with Crippen LogP contribution in [0.5, 0.6) is 5.75 Å². The lowest BCUT2D eigenvalue weighted by molar-refractivity contribution is 0.554. The molecular formula is C7H9NO2S. The number of nitrogens with one attached hydrogen (secondary N) is 1. The average Bonchev–Trinajstić information content (AvgIpc) is 2.06. The third-order valence-corrected chi connectivity index (χ3v) is 1.76. The number of para-hydroxylation sites is 1. The molecule has 1 aromatic rings. The first-order valence-corrected chi connectivity index (χ1v) is 4.23. The van der Waals surface area contributed by atoms with Crippen molar-refractivity contribution in [3.05, 3.63) is 30.3 Å². The maximum Gasteiger partial charge on any atom is 0.287 e. The standard InChI is InChI=1S/C7H9NO2S/c1-8-11(9)10-7-5-3-2-4-6-7/h2-6,8H,1H3. The molecule has 0 aliphatic carbocycles. The molecule has 0 aromatic heterocycles. The summed E-state index contributed by atoms with van der Waals surface area (Å²) in [5.41, 5.74) is 0. The molecule has 1 unspecified atom stereocenters. The Morgan fingerprint density at radius 2 is 2.00 bits per heavy atom. The van der Waals surface area contributed by atoms with Gasteiger partial charge in [-0.1, -0.05) is 18.2 Å². The summed E-state index contributed by atoms with van der Waals surface area (Å²) in [7, 11) is 1.57. The van der Waals surface area contributed by atoms with E-state index in [4.69, 9.17) is 4.18 Å². The molecule has 0 heterocycles. The molecule has 0 saturated heterocycles. The van der Waals surface area contributed by atoms with Crippen molar-refractivity contribution >= 4 is 11.3 Å². The van der Waals surface area contributed by atoms with Gasteiger partial charge >= 0.3 is 0 Å². The van der Waals surface area contributed by atoms with Gasteiger partial charge in [0.25, 0.3) is 11.3 Å². The molecule has 4 heteroatoms. The summed E-state index contributed by atoms with van der Waals surface area (Å²) in [6.07, 6.45) is 0. The molecule has 0 fully saturated rings. The second-order valence-electron chi connectivity index (χ2n) is 1.84. The summed E-state index contributed by atoms with van der Waals surface area (Å²) < 4.78 is 18.1. The monoisotopic (exact) mass is 171 g/mol. The minimum Gasteiger partial charge on any atom is -0.389 e. The van der Waals surface area contributed by atoms with E-state index in [0.29, 0.717) is 5.75 Å². The van der Waals surface area contributed by atoms with Gasteiger partial charge in [0.05, 0.1) is 0 Å². The van der Waals surface area contributed by atoms with Crippen molar-refractivity contribution in [3.63, 3.8) is 0 Å². The van der Waals surface area contributed by atoms with Gasteiger partial charge in [0.15, 0.2) is 0 Å². The molecule has 0 radical (unpaired) electrons. The van der Waals surface area contributed by atoms with E-state index in [1.165, 1.54) is 0 Å². The summed E-state index contributed by atoms with van der Waals surface area (Å²) >= 11 is -1.43.